The van der Waals surface area contributed by atoms with Crippen molar-refractivity contribution in [3.63, 3.8) is 0 Å². The van der Waals surface area contributed by atoms with E-state index in [1.54, 1.807) is 24.5 Å². The van der Waals surface area contributed by atoms with Crippen molar-refractivity contribution in [2.75, 3.05) is 11.9 Å². The van der Waals surface area contributed by atoms with Crippen LogP contribution in [-0.4, -0.2) is 16.6 Å². The van der Waals surface area contributed by atoms with Crippen LogP contribution in [0.1, 0.15) is 5.56 Å². The van der Waals surface area contributed by atoms with E-state index in [-0.39, 0.29) is 0 Å². The molecule has 4 rings (SSSR count). The third-order valence-corrected chi connectivity index (χ3v) is 5.19. The first kappa shape index (κ1) is 20.2. The molecule has 150 valence electrons. The van der Waals surface area contributed by atoms with Crippen LogP contribution in [-0.2, 0) is 6.42 Å². The number of rotatable bonds is 7. The van der Waals surface area contributed by atoms with Crippen molar-refractivity contribution >= 4 is 34.6 Å². The molecule has 0 aliphatic rings. The standard InChI is InChI=1S/C24H19Cl2N3O/c25-22-10-9-19(14-23(22)26)29-20-15-27-24(28-16-20)18-7-4-8-21(13-18)30-12-11-17-5-2-1-3-6-17/h1-10,13-16,29H,11-12H2. The molecule has 0 unspecified atom stereocenters. The number of hydrogen-bond acceptors (Lipinski definition) is 4. The third-order valence-electron chi connectivity index (χ3n) is 4.45. The Kier molecular flexibility index (Phi) is 6.47. The van der Waals surface area contributed by atoms with Gasteiger partial charge < -0.3 is 10.1 Å². The van der Waals surface area contributed by atoms with Crippen LogP contribution in [0.3, 0.4) is 0 Å². The maximum Gasteiger partial charge on any atom is 0.159 e. The maximum atomic E-state index is 6.06. The molecule has 0 spiro atoms. The lowest BCUT2D eigenvalue weighted by Crippen LogP contribution is -2.01. The molecule has 0 aliphatic heterocycles. The number of ether oxygens (including phenoxy) is 1. The van der Waals surface area contributed by atoms with Crippen LogP contribution >= 0.6 is 23.2 Å². The quantitative estimate of drug-likeness (QED) is 0.346. The first-order valence-corrected chi connectivity index (χ1v) is 10.2. The monoisotopic (exact) mass is 435 g/mol. The summed E-state index contributed by atoms with van der Waals surface area (Å²) in [6.07, 6.45) is 4.32. The first-order chi connectivity index (χ1) is 14.7. The lowest BCUT2D eigenvalue weighted by atomic mass is 10.2. The largest absolute Gasteiger partial charge is 0.493 e. The fraction of sp³-hybridized carbons (Fsp3) is 0.0833. The summed E-state index contributed by atoms with van der Waals surface area (Å²) in [5.74, 6) is 1.42. The molecule has 1 N–H and O–H groups in total. The molecule has 0 fully saturated rings. The Morgan fingerprint density at radius 3 is 2.33 bits per heavy atom. The summed E-state index contributed by atoms with van der Waals surface area (Å²) in [5.41, 5.74) is 3.72. The summed E-state index contributed by atoms with van der Waals surface area (Å²) in [5, 5.41) is 4.22. The number of nitrogens with one attached hydrogen (secondary N) is 1. The van der Waals surface area contributed by atoms with Gasteiger partial charge in [-0.2, -0.15) is 0 Å². The zero-order valence-electron chi connectivity index (χ0n) is 16.1. The topological polar surface area (TPSA) is 47.0 Å². The van der Waals surface area contributed by atoms with Gasteiger partial charge >= 0.3 is 0 Å². The van der Waals surface area contributed by atoms with E-state index in [1.165, 1.54) is 5.56 Å². The Morgan fingerprint density at radius 1 is 0.767 bits per heavy atom. The van der Waals surface area contributed by atoms with E-state index < -0.39 is 0 Å². The Morgan fingerprint density at radius 2 is 1.57 bits per heavy atom. The lowest BCUT2D eigenvalue weighted by Gasteiger charge is -2.09. The maximum absolute atomic E-state index is 6.06. The van der Waals surface area contributed by atoms with Crippen LogP contribution in [0, 0.1) is 0 Å². The van der Waals surface area contributed by atoms with Crippen molar-refractivity contribution in [2.45, 2.75) is 6.42 Å². The third kappa shape index (κ3) is 5.29. The molecule has 30 heavy (non-hydrogen) atoms. The fourth-order valence-electron chi connectivity index (χ4n) is 2.94. The van der Waals surface area contributed by atoms with E-state index in [0.29, 0.717) is 22.5 Å². The molecule has 0 aliphatic carbocycles. The van der Waals surface area contributed by atoms with Gasteiger partial charge in [0.05, 0.1) is 34.7 Å². The van der Waals surface area contributed by atoms with E-state index in [0.717, 1.165) is 29.1 Å². The van der Waals surface area contributed by atoms with E-state index in [4.69, 9.17) is 27.9 Å². The summed E-state index contributed by atoms with van der Waals surface area (Å²) < 4.78 is 5.90. The fourth-order valence-corrected chi connectivity index (χ4v) is 3.24. The van der Waals surface area contributed by atoms with Crippen LogP contribution in [0.2, 0.25) is 10.0 Å². The predicted molar refractivity (Wildman–Crippen MR) is 123 cm³/mol. The second-order valence-electron chi connectivity index (χ2n) is 6.66. The van der Waals surface area contributed by atoms with Gasteiger partial charge in [-0.3, -0.25) is 0 Å². The van der Waals surface area contributed by atoms with E-state index in [2.05, 4.69) is 27.4 Å². The normalized spacial score (nSPS) is 10.6. The van der Waals surface area contributed by atoms with Crippen molar-refractivity contribution < 1.29 is 4.74 Å². The molecule has 0 amide bonds. The molecule has 1 aromatic heterocycles. The number of aromatic nitrogens is 2. The molecular formula is C24H19Cl2N3O. The molecule has 0 saturated carbocycles. The molecular weight excluding hydrogens is 417 g/mol. The van der Waals surface area contributed by atoms with Gasteiger partial charge in [-0.05, 0) is 35.9 Å². The van der Waals surface area contributed by atoms with Gasteiger partial charge in [-0.1, -0.05) is 65.7 Å². The Balaban J connectivity index is 1.40. The number of nitrogens with zero attached hydrogens (tertiary/aromatic N) is 2. The molecule has 0 radical (unpaired) electrons. The Labute approximate surface area is 185 Å². The van der Waals surface area contributed by atoms with E-state index in [1.807, 2.05) is 48.5 Å². The molecule has 0 saturated heterocycles. The number of anilines is 2. The summed E-state index contributed by atoms with van der Waals surface area (Å²) in [6, 6.07) is 23.4. The molecule has 0 bridgehead atoms. The summed E-state index contributed by atoms with van der Waals surface area (Å²) >= 11 is 12.0. The number of hydrogen-bond donors (Lipinski definition) is 1. The van der Waals surface area contributed by atoms with Crippen LogP contribution < -0.4 is 10.1 Å². The van der Waals surface area contributed by atoms with Crippen LogP contribution in [0.15, 0.2) is 85.2 Å². The molecule has 4 aromatic rings. The summed E-state index contributed by atoms with van der Waals surface area (Å²) in [6.45, 7) is 0.612. The summed E-state index contributed by atoms with van der Waals surface area (Å²) in [4.78, 5) is 8.93. The van der Waals surface area contributed by atoms with Gasteiger partial charge in [0.15, 0.2) is 5.82 Å². The van der Waals surface area contributed by atoms with Crippen molar-refractivity contribution in [1.29, 1.82) is 0 Å². The van der Waals surface area contributed by atoms with Crippen molar-refractivity contribution in [1.82, 2.24) is 9.97 Å². The molecule has 1 heterocycles. The SMILES string of the molecule is Clc1ccc(Nc2cnc(-c3cccc(OCCc4ccccc4)c3)nc2)cc1Cl. The highest BCUT2D eigenvalue weighted by Gasteiger charge is 2.05. The highest BCUT2D eigenvalue weighted by atomic mass is 35.5. The van der Waals surface area contributed by atoms with Gasteiger partial charge in [0.2, 0.25) is 0 Å². The zero-order valence-corrected chi connectivity index (χ0v) is 17.6. The molecule has 6 heteroatoms. The average Bonchev–Trinajstić information content (AvgIpc) is 2.78. The second-order valence-corrected chi connectivity index (χ2v) is 7.48. The summed E-state index contributed by atoms with van der Waals surface area (Å²) in [7, 11) is 0. The van der Waals surface area contributed by atoms with Crippen molar-refractivity contribution in [2.24, 2.45) is 0 Å². The van der Waals surface area contributed by atoms with Crippen molar-refractivity contribution in [3.8, 4) is 17.1 Å². The van der Waals surface area contributed by atoms with Crippen LogP contribution in [0.25, 0.3) is 11.4 Å². The van der Waals surface area contributed by atoms with Crippen LogP contribution in [0.4, 0.5) is 11.4 Å². The van der Waals surface area contributed by atoms with Crippen molar-refractivity contribution in [3.05, 3.63) is 101 Å². The first-order valence-electron chi connectivity index (χ1n) is 9.49. The Hall–Kier alpha value is -3.08. The zero-order chi connectivity index (χ0) is 20.8. The highest BCUT2D eigenvalue weighted by Crippen LogP contribution is 2.27. The van der Waals surface area contributed by atoms with Gasteiger partial charge in [0.1, 0.15) is 5.75 Å². The minimum atomic E-state index is 0.489. The van der Waals surface area contributed by atoms with E-state index >= 15 is 0 Å². The number of halogens is 2. The Bertz CT molecular complexity index is 1120. The number of benzene rings is 3. The van der Waals surface area contributed by atoms with Crippen LogP contribution in [0.5, 0.6) is 5.75 Å². The smallest absolute Gasteiger partial charge is 0.159 e. The lowest BCUT2D eigenvalue weighted by molar-refractivity contribution is 0.322. The minimum Gasteiger partial charge on any atom is -0.493 e. The average molecular weight is 436 g/mol. The van der Waals surface area contributed by atoms with Gasteiger partial charge in [0.25, 0.3) is 0 Å². The minimum absolute atomic E-state index is 0.489. The molecule has 3 aromatic carbocycles. The second kappa shape index (κ2) is 9.61. The van der Waals surface area contributed by atoms with Gasteiger partial charge in [-0.15, -0.1) is 0 Å². The highest BCUT2D eigenvalue weighted by molar-refractivity contribution is 6.42. The van der Waals surface area contributed by atoms with Gasteiger partial charge in [-0.25, -0.2) is 9.97 Å². The predicted octanol–water partition coefficient (Wildman–Crippen LogP) is 6.82. The van der Waals surface area contributed by atoms with E-state index in [9.17, 15) is 0 Å². The van der Waals surface area contributed by atoms with Gasteiger partial charge in [0, 0.05) is 17.7 Å². The molecule has 4 nitrogen and oxygen atoms in total. The molecule has 0 atom stereocenters.